The van der Waals surface area contributed by atoms with E-state index in [4.69, 9.17) is 18.5 Å². The zero-order valence-electron chi connectivity index (χ0n) is 35.6. The first-order valence-electron chi connectivity index (χ1n) is 21.5. The fourth-order valence-corrected chi connectivity index (χ4v) is 6.06. The van der Waals surface area contributed by atoms with Gasteiger partial charge < -0.3 is 27.9 Å². The van der Waals surface area contributed by atoms with Crippen molar-refractivity contribution < 1.29 is 42.1 Å². The van der Waals surface area contributed by atoms with Gasteiger partial charge >= 0.3 is 11.9 Å². The number of esters is 2. The van der Waals surface area contributed by atoms with Gasteiger partial charge in [-0.05, 0) is 70.6 Å². The first-order valence-corrected chi connectivity index (χ1v) is 23.0. The van der Waals surface area contributed by atoms with Crippen LogP contribution in [0.25, 0.3) is 0 Å². The Balaban J connectivity index is 4.50. The molecule has 1 unspecified atom stereocenters. The summed E-state index contributed by atoms with van der Waals surface area (Å²) in [6.07, 6.45) is 44.0. The lowest BCUT2D eigenvalue weighted by Crippen LogP contribution is -2.37. The van der Waals surface area contributed by atoms with Crippen molar-refractivity contribution in [2.75, 3.05) is 47.5 Å². The molecule has 0 bridgehead atoms. The zero-order valence-corrected chi connectivity index (χ0v) is 36.5. The molecule has 318 valence electrons. The van der Waals surface area contributed by atoms with E-state index in [2.05, 4.69) is 68.5 Å². The summed E-state index contributed by atoms with van der Waals surface area (Å²) in [7, 11) is 1.12. The summed E-state index contributed by atoms with van der Waals surface area (Å²) < 4.78 is 33.8. The van der Waals surface area contributed by atoms with Crippen molar-refractivity contribution in [1.82, 2.24) is 0 Å². The van der Waals surface area contributed by atoms with E-state index in [9.17, 15) is 19.0 Å². The van der Waals surface area contributed by atoms with Crippen LogP contribution in [-0.4, -0.2) is 70.0 Å². The van der Waals surface area contributed by atoms with Gasteiger partial charge in [0.2, 0.25) is 0 Å². The molecule has 55 heavy (non-hydrogen) atoms. The van der Waals surface area contributed by atoms with E-state index in [-0.39, 0.29) is 26.1 Å². The van der Waals surface area contributed by atoms with E-state index in [1.165, 1.54) is 51.4 Å². The number of ether oxygens (including phenoxy) is 2. The molecule has 0 N–H and O–H groups in total. The normalized spacial score (nSPS) is 14.2. The highest BCUT2D eigenvalue weighted by atomic mass is 31.2. The third kappa shape index (κ3) is 41.2. The maximum absolute atomic E-state index is 12.6. The molecule has 0 aromatic carbocycles. The Hall–Kier alpha value is -2.29. The highest BCUT2D eigenvalue weighted by Gasteiger charge is 2.21. The van der Waals surface area contributed by atoms with Crippen LogP contribution in [0.1, 0.15) is 162 Å². The minimum atomic E-state index is -4.64. The number of carbonyl (C=O) groups is 2. The first kappa shape index (κ1) is 52.7. The van der Waals surface area contributed by atoms with E-state index in [0.717, 1.165) is 64.2 Å². The van der Waals surface area contributed by atoms with Crippen LogP contribution in [-0.2, 0) is 32.7 Å². The largest absolute Gasteiger partial charge is 0.756 e. The Kier molecular flexibility index (Phi) is 35.7. The van der Waals surface area contributed by atoms with Crippen molar-refractivity contribution in [3.63, 3.8) is 0 Å². The molecule has 0 fully saturated rings. The molecule has 0 saturated carbocycles. The van der Waals surface area contributed by atoms with Crippen molar-refractivity contribution >= 4 is 19.8 Å². The van der Waals surface area contributed by atoms with Crippen LogP contribution in [0.2, 0.25) is 0 Å². The van der Waals surface area contributed by atoms with Gasteiger partial charge in [-0.25, -0.2) is 0 Å². The summed E-state index contributed by atoms with van der Waals surface area (Å²) in [5, 5.41) is 0. The van der Waals surface area contributed by atoms with Gasteiger partial charge in [-0.3, -0.25) is 14.2 Å². The summed E-state index contributed by atoms with van der Waals surface area (Å²) in [4.78, 5) is 37.5. The van der Waals surface area contributed by atoms with E-state index >= 15 is 0 Å². The number of unbranched alkanes of at least 4 members (excludes halogenated alkanes) is 14. The predicted octanol–water partition coefficient (Wildman–Crippen LogP) is 11.4. The van der Waals surface area contributed by atoms with Crippen molar-refractivity contribution in [3.8, 4) is 0 Å². The molecule has 0 aliphatic heterocycles. The van der Waals surface area contributed by atoms with Crippen LogP contribution >= 0.6 is 7.82 Å². The van der Waals surface area contributed by atoms with Gasteiger partial charge in [0.05, 0.1) is 27.7 Å². The molecule has 0 amide bonds. The number of nitrogens with zero attached hydrogens (tertiary/aromatic N) is 1. The van der Waals surface area contributed by atoms with Crippen LogP contribution in [0.3, 0.4) is 0 Å². The number of rotatable bonds is 38. The monoisotopic (exact) mass is 794 g/mol. The van der Waals surface area contributed by atoms with Crippen molar-refractivity contribution in [3.05, 3.63) is 60.8 Å². The molecule has 0 aromatic rings. The van der Waals surface area contributed by atoms with E-state index in [0.29, 0.717) is 30.3 Å². The Morgan fingerprint density at radius 3 is 1.56 bits per heavy atom. The Morgan fingerprint density at radius 2 is 1.02 bits per heavy atom. The maximum Gasteiger partial charge on any atom is 0.306 e. The molecule has 0 spiro atoms. The number of hydrogen-bond donors (Lipinski definition) is 0. The topological polar surface area (TPSA) is 111 Å². The van der Waals surface area contributed by atoms with Crippen molar-refractivity contribution in [2.24, 2.45) is 0 Å². The van der Waals surface area contributed by atoms with Gasteiger partial charge in [0.25, 0.3) is 7.82 Å². The lowest BCUT2D eigenvalue weighted by molar-refractivity contribution is -0.870. The zero-order chi connectivity index (χ0) is 40.7. The SMILES string of the molecule is CCCC/C=C/C/C=C/CCCCCCCC(=O)OC[C@H](COP(=O)([O-])OCC[N+](C)(C)C)OC(=O)CCC/C=C/C/C=C/C/C=C/CCCCCCCC. The van der Waals surface area contributed by atoms with Crippen LogP contribution in [0.5, 0.6) is 0 Å². The summed E-state index contributed by atoms with van der Waals surface area (Å²) in [6, 6.07) is 0. The molecule has 0 aromatic heterocycles. The third-order valence-corrected chi connectivity index (χ3v) is 9.72. The molecular weight excluding hydrogens is 713 g/mol. The number of quaternary nitrogens is 1. The van der Waals surface area contributed by atoms with Crippen molar-refractivity contribution in [1.29, 1.82) is 0 Å². The molecule has 0 saturated heterocycles. The molecule has 0 rings (SSSR count). The average molecular weight is 794 g/mol. The van der Waals surface area contributed by atoms with Crippen molar-refractivity contribution in [2.45, 2.75) is 168 Å². The fraction of sp³-hybridized carbons (Fsp3) is 0.733. The molecule has 2 atom stereocenters. The lowest BCUT2D eigenvalue weighted by Gasteiger charge is -2.28. The molecule has 0 aliphatic rings. The Morgan fingerprint density at radius 1 is 0.564 bits per heavy atom. The summed E-state index contributed by atoms with van der Waals surface area (Å²) in [6.45, 7) is 4.09. The second kappa shape index (κ2) is 37.3. The molecule has 0 radical (unpaired) electrons. The second-order valence-corrected chi connectivity index (χ2v) is 16.8. The molecule has 10 heteroatoms. The lowest BCUT2D eigenvalue weighted by atomic mass is 10.1. The van der Waals surface area contributed by atoms with Crippen LogP contribution in [0, 0.1) is 0 Å². The van der Waals surface area contributed by atoms with Gasteiger partial charge in [-0.15, -0.1) is 0 Å². The molecular formula is C45H80NO8P. The average Bonchev–Trinajstić information content (AvgIpc) is 3.13. The van der Waals surface area contributed by atoms with E-state index in [1.54, 1.807) is 0 Å². The number of phosphoric acid groups is 1. The van der Waals surface area contributed by atoms with Crippen LogP contribution < -0.4 is 4.89 Å². The number of phosphoric ester groups is 1. The van der Waals surface area contributed by atoms with Gasteiger partial charge in [-0.2, -0.15) is 0 Å². The van der Waals surface area contributed by atoms with Crippen LogP contribution in [0.15, 0.2) is 60.8 Å². The van der Waals surface area contributed by atoms with Gasteiger partial charge in [0, 0.05) is 12.8 Å². The van der Waals surface area contributed by atoms with E-state index in [1.807, 2.05) is 27.2 Å². The molecule has 0 aliphatic carbocycles. The Bertz CT molecular complexity index is 1120. The number of carbonyl (C=O) groups excluding carboxylic acids is 2. The third-order valence-electron chi connectivity index (χ3n) is 8.76. The summed E-state index contributed by atoms with van der Waals surface area (Å²) in [5.41, 5.74) is 0. The Labute approximate surface area is 336 Å². The van der Waals surface area contributed by atoms with Gasteiger partial charge in [0.1, 0.15) is 19.8 Å². The highest BCUT2D eigenvalue weighted by molar-refractivity contribution is 7.45. The highest BCUT2D eigenvalue weighted by Crippen LogP contribution is 2.38. The van der Waals surface area contributed by atoms with Crippen LogP contribution in [0.4, 0.5) is 0 Å². The fourth-order valence-electron chi connectivity index (χ4n) is 5.33. The predicted molar refractivity (Wildman–Crippen MR) is 226 cm³/mol. The smallest absolute Gasteiger partial charge is 0.306 e. The minimum absolute atomic E-state index is 0.0448. The summed E-state index contributed by atoms with van der Waals surface area (Å²) >= 11 is 0. The quantitative estimate of drug-likeness (QED) is 0.0200. The van der Waals surface area contributed by atoms with E-state index < -0.39 is 32.5 Å². The number of likely N-dealkylation sites (N-methyl/N-ethyl adjacent to an activating group) is 1. The standard InChI is InChI=1S/C45H80NO8P/c1-6-8-10-12-14-16-18-20-22-23-24-26-28-30-32-34-36-38-45(48)54-43(42-53-55(49,50)52-40-39-46(3,4)5)41-51-44(47)37-35-33-31-29-27-25-21-19-17-15-13-11-9-7-2/h13,15,19-22,24,26,30,32,43H,6-12,14,16-18,23,25,27-29,31,33-42H2,1-5H3/b15-13+,21-19+,22-20+,26-24+,32-30+/t43-/m1/s1. The summed E-state index contributed by atoms with van der Waals surface area (Å²) in [5.74, 6) is -0.917. The molecule has 9 nitrogen and oxygen atoms in total. The number of allylic oxidation sites excluding steroid dienone is 10. The van der Waals surface area contributed by atoms with Gasteiger partial charge in [-0.1, -0.05) is 139 Å². The number of hydrogen-bond acceptors (Lipinski definition) is 8. The van der Waals surface area contributed by atoms with Gasteiger partial charge in [0.15, 0.2) is 6.10 Å². The minimum Gasteiger partial charge on any atom is -0.756 e. The second-order valence-electron chi connectivity index (χ2n) is 15.3. The first-order chi connectivity index (χ1) is 26.5. The maximum atomic E-state index is 12.6. The molecule has 0 heterocycles.